The Hall–Kier alpha value is -2.88. The summed E-state index contributed by atoms with van der Waals surface area (Å²) in [5.41, 5.74) is -4.62. The SMILES string of the molecule is N#CC1(C#N)[C@@H](c2ccccc2)C[C@@]2(O)C[C@]1(C#N)C(=O)N2. The van der Waals surface area contributed by atoms with Crippen molar-refractivity contribution in [1.82, 2.24) is 5.32 Å². The first kappa shape index (κ1) is 14.1. The minimum Gasteiger partial charge on any atom is -0.371 e. The molecule has 6 heteroatoms. The smallest absolute Gasteiger partial charge is 0.245 e. The van der Waals surface area contributed by atoms with E-state index in [2.05, 4.69) is 5.32 Å². The third-order valence-corrected chi connectivity index (χ3v) is 4.77. The summed E-state index contributed by atoms with van der Waals surface area (Å²) < 4.78 is 0. The molecule has 1 saturated heterocycles. The molecule has 0 unspecified atom stereocenters. The fourth-order valence-corrected chi connectivity index (χ4v) is 3.71. The van der Waals surface area contributed by atoms with Crippen LogP contribution in [0.2, 0.25) is 0 Å². The van der Waals surface area contributed by atoms with Crippen molar-refractivity contribution in [3.05, 3.63) is 35.9 Å². The Morgan fingerprint density at radius 1 is 1.14 bits per heavy atom. The lowest BCUT2D eigenvalue weighted by molar-refractivity contribution is -0.128. The summed E-state index contributed by atoms with van der Waals surface area (Å²) in [5, 5.41) is 41.9. The van der Waals surface area contributed by atoms with Gasteiger partial charge in [-0.2, -0.15) is 15.8 Å². The van der Waals surface area contributed by atoms with Gasteiger partial charge >= 0.3 is 0 Å². The van der Waals surface area contributed by atoms with Crippen LogP contribution in [0.25, 0.3) is 0 Å². The van der Waals surface area contributed by atoms with Gasteiger partial charge in [-0.25, -0.2) is 0 Å². The van der Waals surface area contributed by atoms with Gasteiger partial charge in [0.2, 0.25) is 5.91 Å². The Balaban J connectivity index is 2.29. The zero-order valence-electron chi connectivity index (χ0n) is 11.6. The van der Waals surface area contributed by atoms with Crippen molar-refractivity contribution >= 4 is 5.91 Å². The number of carbonyl (C=O) groups excluding carboxylic acids is 1. The first-order valence-electron chi connectivity index (χ1n) is 6.81. The third-order valence-electron chi connectivity index (χ3n) is 4.77. The average Bonchev–Trinajstić information content (AvgIpc) is 2.77. The maximum atomic E-state index is 12.3. The first-order valence-corrected chi connectivity index (χ1v) is 6.81. The van der Waals surface area contributed by atoms with Crippen LogP contribution < -0.4 is 5.32 Å². The van der Waals surface area contributed by atoms with E-state index in [0.29, 0.717) is 5.56 Å². The number of rotatable bonds is 1. The van der Waals surface area contributed by atoms with E-state index in [-0.39, 0.29) is 12.8 Å². The topological polar surface area (TPSA) is 121 Å². The quantitative estimate of drug-likeness (QED) is 0.797. The fourth-order valence-electron chi connectivity index (χ4n) is 3.71. The Kier molecular flexibility index (Phi) is 2.75. The molecule has 1 saturated carbocycles. The highest BCUT2D eigenvalue weighted by atomic mass is 16.3. The van der Waals surface area contributed by atoms with Crippen molar-refractivity contribution in [2.45, 2.75) is 24.5 Å². The lowest BCUT2D eigenvalue weighted by Gasteiger charge is -2.43. The second-order valence-corrected chi connectivity index (χ2v) is 5.88. The summed E-state index contributed by atoms with van der Waals surface area (Å²) >= 11 is 0. The van der Waals surface area contributed by atoms with Crippen LogP contribution in [0.3, 0.4) is 0 Å². The van der Waals surface area contributed by atoms with Gasteiger partial charge in [-0.3, -0.25) is 4.79 Å². The van der Waals surface area contributed by atoms with Gasteiger partial charge in [-0.15, -0.1) is 0 Å². The summed E-state index contributed by atoms with van der Waals surface area (Å²) in [5.74, 6) is -1.49. The molecule has 6 nitrogen and oxygen atoms in total. The van der Waals surface area contributed by atoms with Crippen LogP contribution in [0.5, 0.6) is 0 Å². The number of hydrogen-bond acceptors (Lipinski definition) is 5. The lowest BCUT2D eigenvalue weighted by atomic mass is 9.51. The minimum atomic E-state index is -1.87. The highest BCUT2D eigenvalue weighted by Crippen LogP contribution is 2.62. The lowest BCUT2D eigenvalue weighted by Crippen LogP contribution is -2.52. The van der Waals surface area contributed by atoms with Gasteiger partial charge in [0.1, 0.15) is 5.72 Å². The summed E-state index contributed by atoms with van der Waals surface area (Å²) in [6.45, 7) is 0. The highest BCUT2D eigenvalue weighted by Gasteiger charge is 2.73. The molecule has 1 amide bonds. The molecule has 1 aliphatic carbocycles. The van der Waals surface area contributed by atoms with E-state index in [1.54, 1.807) is 30.3 Å². The predicted octanol–water partition coefficient (Wildman–Crippen LogP) is 0.926. The van der Waals surface area contributed by atoms with Crippen LogP contribution in [0.4, 0.5) is 0 Å². The van der Waals surface area contributed by atoms with Crippen LogP contribution in [-0.4, -0.2) is 16.7 Å². The molecule has 22 heavy (non-hydrogen) atoms. The molecule has 1 aromatic carbocycles. The highest BCUT2D eigenvalue weighted by molar-refractivity contribution is 5.91. The molecule has 3 atom stereocenters. The minimum absolute atomic E-state index is 0.0211. The summed E-state index contributed by atoms with van der Waals surface area (Å²) in [4.78, 5) is 12.3. The van der Waals surface area contributed by atoms with E-state index in [9.17, 15) is 25.7 Å². The molecule has 0 aromatic heterocycles. The number of nitrogens with one attached hydrogen (secondary N) is 1. The van der Waals surface area contributed by atoms with Gasteiger partial charge in [0.05, 0.1) is 18.2 Å². The van der Waals surface area contributed by atoms with Crippen LogP contribution in [0, 0.1) is 44.8 Å². The van der Waals surface area contributed by atoms with Crippen molar-refractivity contribution in [3.8, 4) is 18.2 Å². The largest absolute Gasteiger partial charge is 0.371 e. The average molecular weight is 292 g/mol. The first-order chi connectivity index (χ1) is 10.5. The maximum Gasteiger partial charge on any atom is 0.245 e. The van der Waals surface area contributed by atoms with Crippen molar-refractivity contribution in [1.29, 1.82) is 15.8 Å². The van der Waals surface area contributed by atoms with Gasteiger partial charge in [0.25, 0.3) is 0 Å². The van der Waals surface area contributed by atoms with Crippen molar-refractivity contribution in [2.24, 2.45) is 10.8 Å². The molecule has 1 aliphatic heterocycles. The van der Waals surface area contributed by atoms with Gasteiger partial charge in [0.15, 0.2) is 10.8 Å². The van der Waals surface area contributed by atoms with Crippen molar-refractivity contribution in [2.75, 3.05) is 0 Å². The molecule has 1 aromatic rings. The molecule has 2 fully saturated rings. The second kappa shape index (κ2) is 4.31. The number of nitriles is 3. The fraction of sp³-hybridized carbons (Fsp3) is 0.375. The van der Waals surface area contributed by atoms with Crippen LogP contribution in [-0.2, 0) is 4.79 Å². The second-order valence-electron chi connectivity index (χ2n) is 5.88. The number of benzene rings is 1. The molecule has 108 valence electrons. The number of fused-ring (bicyclic) bond motifs is 2. The molecule has 2 N–H and O–H groups in total. The Labute approximate surface area is 127 Å². The maximum absolute atomic E-state index is 12.3. The molecule has 0 spiro atoms. The Morgan fingerprint density at radius 3 is 2.32 bits per heavy atom. The van der Waals surface area contributed by atoms with Crippen LogP contribution in [0.15, 0.2) is 30.3 Å². The summed E-state index contributed by atoms with van der Waals surface area (Å²) in [6.07, 6.45) is -0.229. The molecule has 0 radical (unpaired) electrons. The van der Waals surface area contributed by atoms with E-state index in [0.717, 1.165) is 0 Å². The van der Waals surface area contributed by atoms with Crippen LogP contribution >= 0.6 is 0 Å². The van der Waals surface area contributed by atoms with E-state index in [4.69, 9.17) is 0 Å². The summed E-state index contributed by atoms with van der Waals surface area (Å²) in [6, 6.07) is 14.5. The Morgan fingerprint density at radius 2 is 1.77 bits per heavy atom. The summed E-state index contributed by atoms with van der Waals surface area (Å²) in [7, 11) is 0. The zero-order valence-corrected chi connectivity index (χ0v) is 11.6. The van der Waals surface area contributed by atoms with Crippen LogP contribution in [0.1, 0.15) is 24.3 Å². The molecule has 2 bridgehead atoms. The molecule has 2 aliphatic rings. The molecule has 1 heterocycles. The number of carbonyl (C=O) groups is 1. The van der Waals surface area contributed by atoms with Crippen molar-refractivity contribution in [3.63, 3.8) is 0 Å². The standard InChI is InChI=1S/C16H12N4O2/c17-8-14-7-16(22,20-13(14)21)6-12(15(14,9-18)10-19)11-4-2-1-3-5-11/h1-5,12,22H,6-7H2,(H,20,21)/t12-,14+,16-/m1/s1. The van der Waals surface area contributed by atoms with Gasteiger partial charge < -0.3 is 10.4 Å². The van der Waals surface area contributed by atoms with Gasteiger partial charge in [0, 0.05) is 18.8 Å². The van der Waals surface area contributed by atoms with E-state index < -0.39 is 28.4 Å². The number of hydrogen-bond donors (Lipinski definition) is 2. The van der Waals surface area contributed by atoms with Gasteiger partial charge in [-0.1, -0.05) is 30.3 Å². The Bertz CT molecular complexity index is 756. The zero-order chi connectivity index (χ0) is 16.0. The normalized spacial score (nSPS) is 34.8. The molecule has 3 rings (SSSR count). The predicted molar refractivity (Wildman–Crippen MR) is 73.2 cm³/mol. The number of aliphatic hydroxyl groups is 1. The van der Waals surface area contributed by atoms with Gasteiger partial charge in [-0.05, 0) is 5.56 Å². The molecular formula is C16H12N4O2. The van der Waals surface area contributed by atoms with Crippen molar-refractivity contribution < 1.29 is 9.90 Å². The monoisotopic (exact) mass is 292 g/mol. The van der Waals surface area contributed by atoms with E-state index >= 15 is 0 Å². The third kappa shape index (κ3) is 1.46. The molecular weight excluding hydrogens is 280 g/mol. The number of amides is 1. The van der Waals surface area contributed by atoms with E-state index in [1.165, 1.54) is 0 Å². The van der Waals surface area contributed by atoms with E-state index in [1.807, 2.05) is 18.2 Å². The number of nitrogens with zero attached hydrogens (tertiary/aromatic N) is 3.